The second-order valence-electron chi connectivity index (χ2n) is 5.68. The van der Waals surface area contributed by atoms with E-state index in [2.05, 4.69) is 19.2 Å². The van der Waals surface area contributed by atoms with Gasteiger partial charge in [0.15, 0.2) is 0 Å². The molecule has 0 spiro atoms. The second kappa shape index (κ2) is 5.48. The Bertz CT molecular complexity index is 212. The summed E-state index contributed by atoms with van der Waals surface area (Å²) in [6, 6.07) is 0.630. The van der Waals surface area contributed by atoms with Gasteiger partial charge in [-0.3, -0.25) is 0 Å². The molecule has 0 saturated carbocycles. The molecule has 2 rings (SSSR count). The lowest BCUT2D eigenvalue weighted by molar-refractivity contribution is -0.0630. The fraction of sp³-hybridized carbons (Fsp3) is 1.00. The molecule has 2 unspecified atom stereocenters. The van der Waals surface area contributed by atoms with Crippen molar-refractivity contribution in [3.63, 3.8) is 0 Å². The number of nitrogens with one attached hydrogen (secondary N) is 1. The lowest BCUT2D eigenvalue weighted by Crippen LogP contribution is -2.44. The average molecular weight is 227 g/mol. The predicted octanol–water partition coefficient (Wildman–Crippen LogP) is 2.10. The zero-order valence-corrected chi connectivity index (χ0v) is 10.6. The van der Waals surface area contributed by atoms with E-state index in [9.17, 15) is 0 Å². The summed E-state index contributed by atoms with van der Waals surface area (Å²) in [5, 5.41) is 3.64. The molecule has 3 nitrogen and oxygen atoms in total. The maximum atomic E-state index is 5.71. The standard InChI is InChI=1S/C13H25NO2/c1-13(2)10-11(6-9-16-13)14-7-5-12-4-3-8-15-12/h11-12,14H,3-10H2,1-2H3. The van der Waals surface area contributed by atoms with E-state index in [0.717, 1.165) is 39.0 Å². The third-order valence-electron chi connectivity index (χ3n) is 3.62. The lowest BCUT2D eigenvalue weighted by Gasteiger charge is -2.36. The summed E-state index contributed by atoms with van der Waals surface area (Å²) in [5.41, 5.74) is 0.0553. The third kappa shape index (κ3) is 3.72. The normalized spacial score (nSPS) is 34.1. The minimum atomic E-state index is 0.0553. The molecular weight excluding hydrogens is 202 g/mol. The van der Waals surface area contributed by atoms with Gasteiger partial charge in [-0.05, 0) is 52.5 Å². The fourth-order valence-corrected chi connectivity index (χ4v) is 2.73. The smallest absolute Gasteiger partial charge is 0.0641 e. The van der Waals surface area contributed by atoms with Crippen molar-refractivity contribution in [3.05, 3.63) is 0 Å². The van der Waals surface area contributed by atoms with Crippen molar-refractivity contribution in [3.8, 4) is 0 Å². The van der Waals surface area contributed by atoms with Gasteiger partial charge in [0.25, 0.3) is 0 Å². The molecule has 2 fully saturated rings. The maximum Gasteiger partial charge on any atom is 0.0641 e. The van der Waals surface area contributed by atoms with Crippen molar-refractivity contribution in [1.29, 1.82) is 0 Å². The SMILES string of the molecule is CC1(C)CC(NCCC2CCCO2)CCO1. The predicted molar refractivity (Wildman–Crippen MR) is 64.6 cm³/mol. The number of rotatable bonds is 4. The van der Waals surface area contributed by atoms with Gasteiger partial charge in [-0.15, -0.1) is 0 Å². The van der Waals surface area contributed by atoms with E-state index in [-0.39, 0.29) is 5.60 Å². The van der Waals surface area contributed by atoms with Crippen molar-refractivity contribution >= 4 is 0 Å². The Morgan fingerprint density at radius 3 is 2.81 bits per heavy atom. The molecule has 0 aromatic heterocycles. The zero-order valence-electron chi connectivity index (χ0n) is 10.6. The first-order valence-corrected chi connectivity index (χ1v) is 6.65. The first kappa shape index (κ1) is 12.3. The molecule has 2 heterocycles. The van der Waals surface area contributed by atoms with Crippen molar-refractivity contribution < 1.29 is 9.47 Å². The molecule has 94 valence electrons. The summed E-state index contributed by atoms with van der Waals surface area (Å²) in [6.45, 7) is 7.31. The average Bonchev–Trinajstić information content (AvgIpc) is 2.69. The molecule has 2 aliphatic heterocycles. The van der Waals surface area contributed by atoms with Crippen LogP contribution >= 0.6 is 0 Å². The largest absolute Gasteiger partial charge is 0.378 e. The molecule has 16 heavy (non-hydrogen) atoms. The number of hydrogen-bond acceptors (Lipinski definition) is 3. The summed E-state index contributed by atoms with van der Waals surface area (Å²) < 4.78 is 11.3. The van der Waals surface area contributed by atoms with Crippen LogP contribution in [0.15, 0.2) is 0 Å². The maximum absolute atomic E-state index is 5.71. The molecule has 0 aliphatic carbocycles. The highest BCUT2D eigenvalue weighted by atomic mass is 16.5. The van der Waals surface area contributed by atoms with Crippen LogP contribution in [0.25, 0.3) is 0 Å². The fourth-order valence-electron chi connectivity index (χ4n) is 2.73. The van der Waals surface area contributed by atoms with Crippen LogP contribution in [0.1, 0.15) is 46.0 Å². The van der Waals surface area contributed by atoms with Gasteiger partial charge in [0.05, 0.1) is 11.7 Å². The van der Waals surface area contributed by atoms with E-state index in [4.69, 9.17) is 9.47 Å². The number of hydrogen-bond donors (Lipinski definition) is 1. The van der Waals surface area contributed by atoms with Crippen LogP contribution in [-0.4, -0.2) is 37.5 Å². The van der Waals surface area contributed by atoms with Crippen LogP contribution in [0, 0.1) is 0 Å². The van der Waals surface area contributed by atoms with Gasteiger partial charge < -0.3 is 14.8 Å². The summed E-state index contributed by atoms with van der Waals surface area (Å²) in [5.74, 6) is 0. The van der Waals surface area contributed by atoms with Crippen LogP contribution in [0.3, 0.4) is 0 Å². The van der Waals surface area contributed by atoms with Crippen molar-refractivity contribution in [2.45, 2.75) is 63.7 Å². The van der Waals surface area contributed by atoms with Gasteiger partial charge >= 0.3 is 0 Å². The van der Waals surface area contributed by atoms with Gasteiger partial charge in [0.1, 0.15) is 0 Å². The monoisotopic (exact) mass is 227 g/mol. The minimum absolute atomic E-state index is 0.0553. The summed E-state index contributed by atoms with van der Waals surface area (Å²) in [6.07, 6.45) is 6.45. The Morgan fingerprint density at radius 2 is 2.12 bits per heavy atom. The summed E-state index contributed by atoms with van der Waals surface area (Å²) >= 11 is 0. The van der Waals surface area contributed by atoms with E-state index >= 15 is 0 Å². The highest BCUT2D eigenvalue weighted by molar-refractivity contribution is 4.83. The molecule has 0 radical (unpaired) electrons. The van der Waals surface area contributed by atoms with E-state index in [1.165, 1.54) is 12.8 Å². The topological polar surface area (TPSA) is 30.5 Å². The van der Waals surface area contributed by atoms with Crippen LogP contribution < -0.4 is 5.32 Å². The van der Waals surface area contributed by atoms with Crippen molar-refractivity contribution in [2.24, 2.45) is 0 Å². The van der Waals surface area contributed by atoms with Gasteiger partial charge in [0.2, 0.25) is 0 Å². The van der Waals surface area contributed by atoms with Crippen molar-refractivity contribution in [2.75, 3.05) is 19.8 Å². The molecule has 2 saturated heterocycles. The Hall–Kier alpha value is -0.120. The van der Waals surface area contributed by atoms with Gasteiger partial charge in [-0.1, -0.05) is 0 Å². The summed E-state index contributed by atoms with van der Waals surface area (Å²) in [4.78, 5) is 0. The van der Waals surface area contributed by atoms with Crippen LogP contribution in [0.2, 0.25) is 0 Å². The quantitative estimate of drug-likeness (QED) is 0.798. The highest BCUT2D eigenvalue weighted by Gasteiger charge is 2.28. The Labute approximate surface area is 98.9 Å². The van der Waals surface area contributed by atoms with E-state index < -0.39 is 0 Å². The minimum Gasteiger partial charge on any atom is -0.378 e. The molecule has 0 amide bonds. The zero-order chi connectivity index (χ0) is 11.4. The molecule has 2 atom stereocenters. The van der Waals surface area contributed by atoms with Gasteiger partial charge in [0, 0.05) is 19.3 Å². The Kier molecular flexibility index (Phi) is 4.22. The summed E-state index contributed by atoms with van der Waals surface area (Å²) in [7, 11) is 0. The lowest BCUT2D eigenvalue weighted by atomic mass is 9.94. The second-order valence-corrected chi connectivity index (χ2v) is 5.68. The van der Waals surface area contributed by atoms with Crippen LogP contribution in [-0.2, 0) is 9.47 Å². The molecular formula is C13H25NO2. The highest BCUT2D eigenvalue weighted by Crippen LogP contribution is 2.24. The first-order chi connectivity index (χ1) is 7.66. The first-order valence-electron chi connectivity index (χ1n) is 6.65. The number of ether oxygens (including phenoxy) is 2. The van der Waals surface area contributed by atoms with Gasteiger partial charge in [-0.2, -0.15) is 0 Å². The van der Waals surface area contributed by atoms with Crippen LogP contribution in [0.5, 0.6) is 0 Å². The molecule has 0 bridgehead atoms. The third-order valence-corrected chi connectivity index (χ3v) is 3.62. The Morgan fingerprint density at radius 1 is 1.25 bits per heavy atom. The molecule has 2 aliphatic rings. The molecule has 1 N–H and O–H groups in total. The van der Waals surface area contributed by atoms with E-state index in [0.29, 0.717) is 12.1 Å². The molecule has 3 heteroatoms. The molecule has 0 aromatic carbocycles. The van der Waals surface area contributed by atoms with E-state index in [1.807, 2.05) is 0 Å². The van der Waals surface area contributed by atoms with Crippen LogP contribution in [0.4, 0.5) is 0 Å². The Balaban J connectivity index is 1.61. The van der Waals surface area contributed by atoms with E-state index in [1.54, 1.807) is 0 Å². The van der Waals surface area contributed by atoms with Crippen molar-refractivity contribution in [1.82, 2.24) is 5.32 Å². The van der Waals surface area contributed by atoms with Gasteiger partial charge in [-0.25, -0.2) is 0 Å². The molecule has 0 aromatic rings.